The third-order valence-electron chi connectivity index (χ3n) is 5.98. The number of hydrogen-bond acceptors (Lipinski definition) is 3. The van der Waals surface area contributed by atoms with Gasteiger partial charge in [-0.1, -0.05) is 79.0 Å². The van der Waals surface area contributed by atoms with Gasteiger partial charge in [0.2, 0.25) is 5.91 Å². The highest BCUT2D eigenvalue weighted by Gasteiger charge is 2.16. The zero-order valence-corrected chi connectivity index (χ0v) is 20.3. The second kappa shape index (κ2) is 12.3. The maximum atomic E-state index is 12.6. The van der Waals surface area contributed by atoms with E-state index in [-0.39, 0.29) is 12.3 Å². The highest BCUT2D eigenvalue weighted by atomic mass is 35.5. The van der Waals surface area contributed by atoms with Gasteiger partial charge in [-0.3, -0.25) is 4.79 Å². The summed E-state index contributed by atoms with van der Waals surface area (Å²) in [5.74, 6) is 1.49. The number of benzene rings is 3. The predicted molar refractivity (Wildman–Crippen MR) is 138 cm³/mol. The summed E-state index contributed by atoms with van der Waals surface area (Å²) in [4.78, 5) is 13.8. The van der Waals surface area contributed by atoms with Gasteiger partial charge in [-0.15, -0.1) is 11.8 Å². The van der Waals surface area contributed by atoms with E-state index in [2.05, 4.69) is 41.7 Å². The summed E-state index contributed by atoms with van der Waals surface area (Å²) in [5.41, 5.74) is 4.06. The molecule has 0 spiro atoms. The average molecular weight is 480 g/mol. The van der Waals surface area contributed by atoms with Crippen molar-refractivity contribution in [1.82, 2.24) is 0 Å². The second-order valence-corrected chi connectivity index (χ2v) is 10.0. The van der Waals surface area contributed by atoms with Crippen molar-refractivity contribution in [2.45, 2.75) is 49.4 Å². The Morgan fingerprint density at radius 2 is 1.73 bits per heavy atom. The van der Waals surface area contributed by atoms with Crippen LogP contribution in [0.2, 0.25) is 5.02 Å². The number of rotatable bonds is 10. The van der Waals surface area contributed by atoms with Crippen LogP contribution in [0, 0.1) is 5.92 Å². The normalized spacial score (nSPS) is 13.8. The van der Waals surface area contributed by atoms with Crippen LogP contribution >= 0.6 is 23.4 Å². The van der Waals surface area contributed by atoms with Crippen molar-refractivity contribution in [2.24, 2.45) is 5.92 Å². The standard InChI is InChI=1S/C28H30ClNO2S/c29-26-13-7-6-12-23(26)16-28(31)30-25-15-14-24(19-32-18-21-8-4-5-9-21)27(17-25)33-20-22-10-2-1-3-11-22/h1-3,6-7,10-15,17,21H,4-5,8-9,16,18-20H2,(H,30,31). The number of halogens is 1. The van der Waals surface area contributed by atoms with E-state index in [1.807, 2.05) is 36.4 Å². The van der Waals surface area contributed by atoms with Gasteiger partial charge in [0, 0.05) is 28.0 Å². The molecule has 33 heavy (non-hydrogen) atoms. The van der Waals surface area contributed by atoms with Gasteiger partial charge in [0.25, 0.3) is 0 Å². The van der Waals surface area contributed by atoms with Crippen LogP contribution in [0.1, 0.15) is 42.4 Å². The molecule has 1 aliphatic carbocycles. The molecule has 1 fully saturated rings. The molecule has 1 aliphatic rings. The number of ether oxygens (including phenoxy) is 1. The molecule has 1 saturated carbocycles. The largest absolute Gasteiger partial charge is 0.376 e. The highest BCUT2D eigenvalue weighted by Crippen LogP contribution is 2.31. The smallest absolute Gasteiger partial charge is 0.228 e. The molecule has 172 valence electrons. The molecule has 0 bridgehead atoms. The molecule has 0 unspecified atom stereocenters. The molecule has 5 heteroatoms. The van der Waals surface area contributed by atoms with Crippen LogP contribution in [0.4, 0.5) is 5.69 Å². The van der Waals surface area contributed by atoms with Crippen LogP contribution in [0.5, 0.6) is 0 Å². The molecule has 0 heterocycles. The maximum absolute atomic E-state index is 12.6. The van der Waals surface area contributed by atoms with Gasteiger partial charge < -0.3 is 10.1 Å². The summed E-state index contributed by atoms with van der Waals surface area (Å²) in [6, 6.07) is 24.0. The van der Waals surface area contributed by atoms with Gasteiger partial charge >= 0.3 is 0 Å². The molecule has 0 radical (unpaired) electrons. The molecular weight excluding hydrogens is 450 g/mol. The summed E-state index contributed by atoms with van der Waals surface area (Å²) >= 11 is 7.99. The number of hydrogen-bond donors (Lipinski definition) is 1. The van der Waals surface area contributed by atoms with Crippen molar-refractivity contribution in [1.29, 1.82) is 0 Å². The van der Waals surface area contributed by atoms with Gasteiger partial charge in [0.05, 0.1) is 13.0 Å². The first-order valence-corrected chi connectivity index (χ1v) is 12.9. The number of carbonyl (C=O) groups is 1. The van der Waals surface area contributed by atoms with E-state index >= 15 is 0 Å². The lowest BCUT2D eigenvalue weighted by Crippen LogP contribution is -2.15. The van der Waals surface area contributed by atoms with Crippen molar-refractivity contribution >= 4 is 35.0 Å². The Morgan fingerprint density at radius 3 is 2.52 bits per heavy atom. The van der Waals surface area contributed by atoms with Crippen LogP contribution in [0.15, 0.2) is 77.7 Å². The maximum Gasteiger partial charge on any atom is 0.228 e. The molecule has 3 aromatic rings. The van der Waals surface area contributed by atoms with Gasteiger partial charge in [0.15, 0.2) is 0 Å². The molecule has 4 rings (SSSR count). The zero-order valence-electron chi connectivity index (χ0n) is 18.8. The fourth-order valence-corrected chi connectivity index (χ4v) is 5.39. The van der Waals surface area contributed by atoms with Crippen LogP contribution in [-0.2, 0) is 28.3 Å². The van der Waals surface area contributed by atoms with Crippen molar-refractivity contribution in [3.63, 3.8) is 0 Å². The summed E-state index contributed by atoms with van der Waals surface area (Å²) < 4.78 is 6.09. The van der Waals surface area contributed by atoms with E-state index in [0.29, 0.717) is 17.5 Å². The van der Waals surface area contributed by atoms with Gasteiger partial charge in [-0.2, -0.15) is 0 Å². The third kappa shape index (κ3) is 7.36. The average Bonchev–Trinajstić information content (AvgIpc) is 3.34. The van der Waals surface area contributed by atoms with Crippen LogP contribution in [-0.4, -0.2) is 12.5 Å². The van der Waals surface area contributed by atoms with Gasteiger partial charge in [0.1, 0.15) is 0 Å². The van der Waals surface area contributed by atoms with Gasteiger partial charge in [-0.05, 0) is 53.6 Å². The number of nitrogens with one attached hydrogen (secondary N) is 1. The van der Waals surface area contributed by atoms with E-state index in [4.69, 9.17) is 16.3 Å². The Kier molecular flexibility index (Phi) is 8.87. The van der Waals surface area contributed by atoms with E-state index in [9.17, 15) is 4.79 Å². The Morgan fingerprint density at radius 1 is 0.970 bits per heavy atom. The SMILES string of the molecule is O=C(Cc1ccccc1Cl)Nc1ccc(COCC2CCCC2)c(SCc2ccccc2)c1. The van der Waals surface area contributed by atoms with Gasteiger partial charge in [-0.25, -0.2) is 0 Å². The fraction of sp³-hybridized carbons (Fsp3) is 0.321. The minimum atomic E-state index is -0.0765. The van der Waals surface area contributed by atoms with Crippen molar-refractivity contribution < 1.29 is 9.53 Å². The van der Waals surface area contributed by atoms with E-state index in [1.165, 1.54) is 31.2 Å². The second-order valence-electron chi connectivity index (χ2n) is 8.58. The monoisotopic (exact) mass is 479 g/mol. The van der Waals surface area contributed by atoms with E-state index in [1.54, 1.807) is 11.8 Å². The van der Waals surface area contributed by atoms with Crippen LogP contribution in [0.25, 0.3) is 0 Å². The Bertz CT molecular complexity index is 1050. The van der Waals surface area contributed by atoms with Crippen molar-refractivity contribution in [3.05, 3.63) is 94.5 Å². The molecular formula is C28H30ClNO2S. The molecule has 1 N–H and O–H groups in total. The van der Waals surface area contributed by atoms with E-state index in [0.717, 1.165) is 34.1 Å². The molecule has 3 aromatic carbocycles. The summed E-state index contributed by atoms with van der Waals surface area (Å²) in [6.07, 6.45) is 5.47. The number of thioether (sulfide) groups is 1. The predicted octanol–water partition coefficient (Wildman–Crippen LogP) is 7.52. The first-order valence-electron chi connectivity index (χ1n) is 11.6. The van der Waals surface area contributed by atoms with Crippen LogP contribution in [0.3, 0.4) is 0 Å². The minimum absolute atomic E-state index is 0.0765. The first kappa shape index (κ1) is 23.9. The molecule has 0 saturated heterocycles. The van der Waals surface area contributed by atoms with Crippen molar-refractivity contribution in [3.8, 4) is 0 Å². The number of anilines is 1. The summed E-state index contributed by atoms with van der Waals surface area (Å²) in [5, 5.41) is 3.65. The lowest BCUT2D eigenvalue weighted by Gasteiger charge is -2.15. The molecule has 3 nitrogen and oxygen atoms in total. The lowest BCUT2D eigenvalue weighted by molar-refractivity contribution is -0.115. The Hall–Kier alpha value is -2.27. The topological polar surface area (TPSA) is 38.3 Å². The molecule has 0 aliphatic heterocycles. The highest BCUT2D eigenvalue weighted by molar-refractivity contribution is 7.98. The summed E-state index contributed by atoms with van der Waals surface area (Å²) in [7, 11) is 0. The zero-order chi connectivity index (χ0) is 22.9. The third-order valence-corrected chi connectivity index (χ3v) is 7.52. The van der Waals surface area contributed by atoms with E-state index < -0.39 is 0 Å². The Balaban J connectivity index is 1.42. The quantitative estimate of drug-likeness (QED) is 0.305. The van der Waals surface area contributed by atoms with Crippen molar-refractivity contribution in [2.75, 3.05) is 11.9 Å². The minimum Gasteiger partial charge on any atom is -0.376 e. The first-order chi connectivity index (χ1) is 16.2. The lowest BCUT2D eigenvalue weighted by atomic mass is 10.1. The van der Waals surface area contributed by atoms with Crippen LogP contribution < -0.4 is 5.32 Å². The fourth-order valence-electron chi connectivity index (χ4n) is 4.15. The Labute approximate surface area is 205 Å². The number of carbonyl (C=O) groups excluding carboxylic acids is 1. The molecule has 0 atom stereocenters. The number of amides is 1. The summed E-state index contributed by atoms with van der Waals surface area (Å²) in [6.45, 7) is 1.43. The molecule has 0 aromatic heterocycles. The molecule has 1 amide bonds.